The lowest BCUT2D eigenvalue weighted by Crippen LogP contribution is -2.25. The molecule has 2 aromatic carbocycles. The van der Waals surface area contributed by atoms with E-state index in [9.17, 15) is 4.79 Å². The Morgan fingerprint density at radius 2 is 1.90 bits per heavy atom. The van der Waals surface area contributed by atoms with E-state index in [-0.39, 0.29) is 5.91 Å². The first-order valence-electron chi connectivity index (χ1n) is 7.20. The highest BCUT2D eigenvalue weighted by molar-refractivity contribution is 5.96. The third kappa shape index (κ3) is 3.54. The zero-order valence-corrected chi connectivity index (χ0v) is 11.8. The van der Waals surface area contributed by atoms with Crippen molar-refractivity contribution in [1.29, 1.82) is 0 Å². The monoisotopic (exact) mass is 281 g/mol. The number of nitrogens with two attached hydrogens (primary N) is 1. The molecule has 0 aromatic heterocycles. The zero-order valence-electron chi connectivity index (χ0n) is 11.8. The van der Waals surface area contributed by atoms with Crippen LogP contribution in [0.5, 0.6) is 0 Å². The summed E-state index contributed by atoms with van der Waals surface area (Å²) in [5, 5.41) is 6.25. The number of amides is 1. The van der Waals surface area contributed by atoms with Gasteiger partial charge < -0.3 is 16.4 Å². The normalized spacial score (nSPS) is 13.7. The minimum absolute atomic E-state index is 0.0428. The third-order valence-electron chi connectivity index (χ3n) is 3.55. The Balaban J connectivity index is 1.65. The van der Waals surface area contributed by atoms with Crippen molar-refractivity contribution in [1.82, 2.24) is 5.32 Å². The lowest BCUT2D eigenvalue weighted by molar-refractivity contribution is 0.0951. The number of benzene rings is 2. The minimum Gasteiger partial charge on any atom is -0.397 e. The summed E-state index contributed by atoms with van der Waals surface area (Å²) in [6.45, 7) is 0.707. The second-order valence-corrected chi connectivity index (χ2v) is 5.39. The predicted molar refractivity (Wildman–Crippen MR) is 85.1 cm³/mol. The van der Waals surface area contributed by atoms with E-state index in [1.807, 2.05) is 24.3 Å². The highest BCUT2D eigenvalue weighted by atomic mass is 16.1. The first kappa shape index (κ1) is 13.5. The quantitative estimate of drug-likeness (QED) is 0.738. The average Bonchev–Trinajstić information content (AvgIpc) is 3.31. The minimum atomic E-state index is -0.0428. The van der Waals surface area contributed by atoms with Crippen LogP contribution in [-0.4, -0.2) is 11.9 Å². The average molecular weight is 281 g/mol. The Morgan fingerprint density at radius 3 is 2.57 bits per heavy atom. The van der Waals surface area contributed by atoms with Gasteiger partial charge >= 0.3 is 0 Å². The van der Waals surface area contributed by atoms with Crippen molar-refractivity contribution in [2.75, 3.05) is 11.1 Å². The van der Waals surface area contributed by atoms with Crippen LogP contribution in [0.15, 0.2) is 48.5 Å². The molecule has 1 aliphatic rings. The Labute approximate surface area is 124 Å². The van der Waals surface area contributed by atoms with Crippen molar-refractivity contribution in [3.8, 4) is 0 Å². The van der Waals surface area contributed by atoms with Gasteiger partial charge in [0, 0.05) is 18.2 Å². The predicted octanol–water partition coefficient (Wildman–Crippen LogP) is 2.77. The second-order valence-electron chi connectivity index (χ2n) is 5.39. The van der Waals surface area contributed by atoms with Crippen LogP contribution in [0.4, 0.5) is 11.4 Å². The fraction of sp³-hybridized carbons (Fsp3) is 0.235. The molecule has 0 unspecified atom stereocenters. The van der Waals surface area contributed by atoms with Gasteiger partial charge in [0.05, 0.1) is 11.4 Å². The Morgan fingerprint density at radius 1 is 1.14 bits per heavy atom. The lowest BCUT2D eigenvalue weighted by atomic mass is 10.1. The van der Waals surface area contributed by atoms with E-state index in [0.717, 1.165) is 18.5 Å². The molecular weight excluding hydrogens is 262 g/mol. The maximum Gasteiger partial charge on any atom is 0.251 e. The van der Waals surface area contributed by atoms with Gasteiger partial charge in [-0.1, -0.05) is 30.3 Å². The van der Waals surface area contributed by atoms with Crippen LogP contribution in [0, 0.1) is 0 Å². The van der Waals surface area contributed by atoms with Crippen LogP contribution in [0.3, 0.4) is 0 Å². The molecule has 0 spiro atoms. The molecule has 1 fully saturated rings. The summed E-state index contributed by atoms with van der Waals surface area (Å²) in [6, 6.07) is 15.9. The summed E-state index contributed by atoms with van der Waals surface area (Å²) >= 11 is 0. The van der Waals surface area contributed by atoms with E-state index in [1.165, 1.54) is 5.56 Å². The Bertz CT molecular complexity index is 636. The van der Waals surface area contributed by atoms with E-state index in [4.69, 9.17) is 5.73 Å². The molecule has 4 heteroatoms. The van der Waals surface area contributed by atoms with Gasteiger partial charge in [-0.2, -0.15) is 0 Å². The number of hydrogen-bond donors (Lipinski definition) is 3. The smallest absolute Gasteiger partial charge is 0.251 e. The van der Waals surface area contributed by atoms with Crippen molar-refractivity contribution in [3.63, 3.8) is 0 Å². The van der Waals surface area contributed by atoms with E-state index in [1.54, 1.807) is 12.1 Å². The molecule has 108 valence electrons. The summed E-state index contributed by atoms with van der Waals surface area (Å²) in [4.78, 5) is 12.0. The van der Waals surface area contributed by atoms with E-state index >= 15 is 0 Å². The molecule has 1 saturated carbocycles. The summed E-state index contributed by atoms with van der Waals surface area (Å²) in [5.41, 5.74) is 9.27. The van der Waals surface area contributed by atoms with Gasteiger partial charge in [-0.3, -0.25) is 4.79 Å². The molecule has 2 aromatic rings. The van der Waals surface area contributed by atoms with Crippen molar-refractivity contribution in [2.45, 2.75) is 25.4 Å². The van der Waals surface area contributed by atoms with Crippen molar-refractivity contribution < 1.29 is 4.79 Å². The third-order valence-corrected chi connectivity index (χ3v) is 3.55. The van der Waals surface area contributed by atoms with Crippen LogP contribution < -0.4 is 16.4 Å². The second kappa shape index (κ2) is 5.87. The zero-order chi connectivity index (χ0) is 14.7. The maximum absolute atomic E-state index is 12.0. The summed E-state index contributed by atoms with van der Waals surface area (Å²) in [6.07, 6.45) is 2.16. The molecule has 0 radical (unpaired) electrons. The molecular formula is C17H19N3O. The highest BCUT2D eigenvalue weighted by Crippen LogP contribution is 2.23. The van der Waals surface area contributed by atoms with Gasteiger partial charge in [0.1, 0.15) is 0 Å². The Hall–Kier alpha value is -2.49. The van der Waals surface area contributed by atoms with Crippen molar-refractivity contribution in [3.05, 3.63) is 59.7 Å². The standard InChI is InChI=1S/C17H19N3O/c18-15-10-13(17(21)20-14-7-8-14)6-9-16(15)19-11-12-4-2-1-3-5-12/h1-6,9-10,14,19H,7-8,11,18H2,(H,20,21). The molecule has 1 aliphatic carbocycles. The summed E-state index contributed by atoms with van der Waals surface area (Å²) < 4.78 is 0. The fourth-order valence-corrected chi connectivity index (χ4v) is 2.15. The number of nitrogen functional groups attached to an aromatic ring is 1. The largest absolute Gasteiger partial charge is 0.397 e. The fourth-order valence-electron chi connectivity index (χ4n) is 2.15. The van der Waals surface area contributed by atoms with Gasteiger partial charge in [0.2, 0.25) is 0 Å². The number of carbonyl (C=O) groups excluding carboxylic acids is 1. The lowest BCUT2D eigenvalue weighted by Gasteiger charge is -2.11. The van der Waals surface area contributed by atoms with E-state index in [2.05, 4.69) is 22.8 Å². The maximum atomic E-state index is 12.0. The molecule has 3 rings (SSSR count). The molecule has 1 amide bonds. The van der Waals surface area contributed by atoms with Crippen molar-refractivity contribution in [2.24, 2.45) is 0 Å². The Kier molecular flexibility index (Phi) is 3.77. The van der Waals surface area contributed by atoms with E-state index in [0.29, 0.717) is 23.8 Å². The molecule has 0 atom stereocenters. The molecule has 4 nitrogen and oxygen atoms in total. The van der Waals surface area contributed by atoms with Crippen molar-refractivity contribution >= 4 is 17.3 Å². The molecule has 4 N–H and O–H groups in total. The number of nitrogens with one attached hydrogen (secondary N) is 2. The van der Waals surface area contributed by atoms with Crippen LogP contribution in [0.25, 0.3) is 0 Å². The number of hydrogen-bond acceptors (Lipinski definition) is 3. The highest BCUT2D eigenvalue weighted by Gasteiger charge is 2.23. The van der Waals surface area contributed by atoms with Crippen LogP contribution in [-0.2, 0) is 6.54 Å². The van der Waals surface area contributed by atoms with Crippen LogP contribution in [0.2, 0.25) is 0 Å². The van der Waals surface area contributed by atoms with Crippen LogP contribution >= 0.6 is 0 Å². The number of carbonyl (C=O) groups is 1. The molecule has 0 saturated heterocycles. The van der Waals surface area contributed by atoms with Gasteiger partial charge in [-0.25, -0.2) is 0 Å². The van der Waals surface area contributed by atoms with E-state index < -0.39 is 0 Å². The van der Waals surface area contributed by atoms with Gasteiger partial charge in [0.15, 0.2) is 0 Å². The number of anilines is 2. The first-order chi connectivity index (χ1) is 10.2. The van der Waals surface area contributed by atoms with Crippen LogP contribution in [0.1, 0.15) is 28.8 Å². The van der Waals surface area contributed by atoms with Gasteiger partial charge in [-0.05, 0) is 36.6 Å². The molecule has 0 bridgehead atoms. The first-order valence-corrected chi connectivity index (χ1v) is 7.20. The number of rotatable bonds is 5. The van der Waals surface area contributed by atoms with Gasteiger partial charge in [-0.15, -0.1) is 0 Å². The molecule has 0 heterocycles. The summed E-state index contributed by atoms with van der Waals surface area (Å²) in [7, 11) is 0. The van der Waals surface area contributed by atoms with Gasteiger partial charge in [0.25, 0.3) is 5.91 Å². The summed E-state index contributed by atoms with van der Waals surface area (Å²) in [5.74, 6) is -0.0428. The molecule has 0 aliphatic heterocycles. The SMILES string of the molecule is Nc1cc(C(=O)NC2CC2)ccc1NCc1ccccc1. The topological polar surface area (TPSA) is 67.2 Å². The molecule has 21 heavy (non-hydrogen) atoms.